The van der Waals surface area contributed by atoms with E-state index in [2.05, 4.69) is 18.8 Å². The van der Waals surface area contributed by atoms with Gasteiger partial charge < -0.3 is 14.6 Å². The second kappa shape index (κ2) is 5.90. The summed E-state index contributed by atoms with van der Waals surface area (Å²) in [5.74, 6) is 1.98. The van der Waals surface area contributed by atoms with Crippen LogP contribution in [-0.2, 0) is 9.47 Å². The summed E-state index contributed by atoms with van der Waals surface area (Å²) < 4.78 is 10.8. The van der Waals surface area contributed by atoms with Crippen LogP contribution < -0.4 is 0 Å². The van der Waals surface area contributed by atoms with Crippen LogP contribution in [0.3, 0.4) is 0 Å². The van der Waals surface area contributed by atoms with Gasteiger partial charge in [0.05, 0.1) is 20.3 Å². The van der Waals surface area contributed by atoms with E-state index in [1.165, 1.54) is 0 Å². The fraction of sp³-hybridized carbons (Fsp3) is 0.857. The highest BCUT2D eigenvalue weighted by Gasteiger charge is 2.38. The van der Waals surface area contributed by atoms with Crippen molar-refractivity contribution in [2.75, 3.05) is 14.2 Å². The average Bonchev–Trinajstić information content (AvgIpc) is 2.83. The number of rotatable bonds is 2. The van der Waals surface area contributed by atoms with Crippen LogP contribution in [0, 0.1) is 11.8 Å². The first-order valence-corrected chi connectivity index (χ1v) is 6.98. The molecule has 2 aliphatic rings. The Labute approximate surface area is 114 Å². The van der Waals surface area contributed by atoms with E-state index in [0.29, 0.717) is 23.6 Å². The Hall–Kier alpha value is -1.10. The van der Waals surface area contributed by atoms with Gasteiger partial charge in [-0.3, -0.25) is 0 Å². The number of hydrogen-bond donors (Lipinski definition) is 1. The third-order valence-electron chi connectivity index (χ3n) is 3.98. The number of methoxy groups -OCH3 is 2. The molecule has 0 unspecified atom stereocenters. The summed E-state index contributed by atoms with van der Waals surface area (Å²) in [6.45, 7) is 4.19. The first-order valence-electron chi connectivity index (χ1n) is 6.98. The van der Waals surface area contributed by atoms with Gasteiger partial charge >= 0.3 is 0 Å². The molecule has 1 N–H and O–H groups in total. The van der Waals surface area contributed by atoms with Crippen LogP contribution in [0.5, 0.6) is 0 Å². The van der Waals surface area contributed by atoms with E-state index in [9.17, 15) is 5.11 Å². The summed E-state index contributed by atoms with van der Waals surface area (Å²) >= 11 is 0. The summed E-state index contributed by atoms with van der Waals surface area (Å²) in [4.78, 5) is 9.36. The lowest BCUT2D eigenvalue weighted by Gasteiger charge is -2.29. The van der Waals surface area contributed by atoms with Crippen molar-refractivity contribution < 1.29 is 14.6 Å². The van der Waals surface area contributed by atoms with Crippen LogP contribution in [0.1, 0.15) is 33.1 Å². The second-order valence-corrected chi connectivity index (χ2v) is 5.70. The molecule has 0 aromatic rings. The molecule has 19 heavy (non-hydrogen) atoms. The van der Waals surface area contributed by atoms with Crippen molar-refractivity contribution in [3.05, 3.63) is 0 Å². The molecule has 0 aromatic carbocycles. The molecular weight excluding hydrogens is 244 g/mol. The van der Waals surface area contributed by atoms with Gasteiger partial charge in [-0.1, -0.05) is 13.8 Å². The Morgan fingerprint density at radius 1 is 1.11 bits per heavy atom. The van der Waals surface area contributed by atoms with Crippen molar-refractivity contribution in [2.45, 2.75) is 51.3 Å². The topological polar surface area (TPSA) is 63.4 Å². The molecule has 0 saturated heterocycles. The van der Waals surface area contributed by atoms with Crippen LogP contribution in [0.2, 0.25) is 0 Å². The molecular formula is C14H24N2O3. The number of nitrogens with zero attached hydrogens (tertiary/aromatic N) is 2. The van der Waals surface area contributed by atoms with Gasteiger partial charge in [0, 0.05) is 0 Å². The zero-order chi connectivity index (χ0) is 14.0. The number of aliphatic hydroxyl groups is 1. The van der Waals surface area contributed by atoms with Gasteiger partial charge in [0.25, 0.3) is 0 Å². The molecule has 0 bridgehead atoms. The van der Waals surface area contributed by atoms with Crippen LogP contribution >= 0.6 is 0 Å². The summed E-state index contributed by atoms with van der Waals surface area (Å²) in [6, 6.07) is -0.172. The van der Waals surface area contributed by atoms with E-state index in [1.54, 1.807) is 14.2 Å². The predicted octanol–water partition coefficient (Wildman–Crippen LogP) is 1.64. The normalized spacial score (nSPS) is 35.1. The second-order valence-electron chi connectivity index (χ2n) is 5.70. The highest BCUT2D eigenvalue weighted by atomic mass is 16.5. The molecule has 0 amide bonds. The molecule has 4 atom stereocenters. The van der Waals surface area contributed by atoms with Gasteiger partial charge in [-0.25, -0.2) is 9.98 Å². The van der Waals surface area contributed by atoms with Crippen molar-refractivity contribution in [3.63, 3.8) is 0 Å². The number of hydrogen-bond acceptors (Lipinski definition) is 5. The van der Waals surface area contributed by atoms with Crippen molar-refractivity contribution in [1.29, 1.82) is 0 Å². The minimum Gasteiger partial charge on any atom is -0.483 e. The van der Waals surface area contributed by atoms with Gasteiger partial charge in [-0.2, -0.15) is 0 Å². The first kappa shape index (κ1) is 14.3. The first-order chi connectivity index (χ1) is 9.06. The van der Waals surface area contributed by atoms with Crippen molar-refractivity contribution >= 4 is 11.8 Å². The predicted molar refractivity (Wildman–Crippen MR) is 74.6 cm³/mol. The Kier molecular flexibility index (Phi) is 4.45. The number of aliphatic imine (C=N–C) groups is 2. The Bertz CT molecular complexity index is 379. The van der Waals surface area contributed by atoms with Gasteiger partial charge in [0.2, 0.25) is 11.8 Å². The third kappa shape index (κ3) is 2.91. The molecule has 1 aliphatic carbocycles. The molecule has 0 spiro atoms. The minimum atomic E-state index is -0.216. The highest BCUT2D eigenvalue weighted by Crippen LogP contribution is 2.33. The largest absolute Gasteiger partial charge is 0.483 e. The molecule has 0 aromatic heterocycles. The molecule has 0 radical (unpaired) electrons. The van der Waals surface area contributed by atoms with Crippen molar-refractivity contribution in [2.24, 2.45) is 21.8 Å². The number of ether oxygens (including phenoxy) is 2. The van der Waals surface area contributed by atoms with E-state index < -0.39 is 0 Å². The van der Waals surface area contributed by atoms with E-state index in [4.69, 9.17) is 14.5 Å². The average molecular weight is 268 g/mol. The van der Waals surface area contributed by atoms with E-state index in [1.807, 2.05) is 0 Å². The summed E-state index contributed by atoms with van der Waals surface area (Å²) in [6.07, 6.45) is 2.34. The van der Waals surface area contributed by atoms with E-state index in [-0.39, 0.29) is 18.2 Å². The highest BCUT2D eigenvalue weighted by molar-refractivity contribution is 5.94. The SMILES string of the molecule is COC1=N[C@H](C(C)C)C(OC)=N[C@H]1[C@H]1CC[C@H](O)C1. The Morgan fingerprint density at radius 3 is 2.26 bits per heavy atom. The molecule has 1 heterocycles. The van der Waals surface area contributed by atoms with Gasteiger partial charge in [0.15, 0.2) is 0 Å². The van der Waals surface area contributed by atoms with Gasteiger partial charge in [-0.05, 0) is 31.1 Å². The fourth-order valence-corrected chi connectivity index (χ4v) is 2.90. The van der Waals surface area contributed by atoms with Gasteiger partial charge in [0.1, 0.15) is 12.1 Å². The van der Waals surface area contributed by atoms with Crippen LogP contribution in [0.25, 0.3) is 0 Å². The smallest absolute Gasteiger partial charge is 0.209 e. The van der Waals surface area contributed by atoms with Crippen molar-refractivity contribution in [3.8, 4) is 0 Å². The summed E-state index contributed by atoms with van der Waals surface area (Å²) in [5.41, 5.74) is 0. The maximum atomic E-state index is 9.69. The number of aliphatic hydroxyl groups excluding tert-OH is 1. The monoisotopic (exact) mass is 268 g/mol. The standard InChI is InChI=1S/C14H24N2O3/c1-8(2)11-13(18-3)16-12(14(15-11)19-4)9-5-6-10(17)7-9/h8-12,17H,5-7H2,1-4H3/t9-,10-,11+,12-/m0/s1. The van der Waals surface area contributed by atoms with Gasteiger partial charge in [-0.15, -0.1) is 0 Å². The quantitative estimate of drug-likeness (QED) is 0.828. The summed E-state index contributed by atoms with van der Waals surface area (Å²) in [7, 11) is 3.28. The van der Waals surface area contributed by atoms with Crippen molar-refractivity contribution in [1.82, 2.24) is 0 Å². The van der Waals surface area contributed by atoms with Crippen LogP contribution in [0.4, 0.5) is 0 Å². The molecule has 108 valence electrons. The zero-order valence-electron chi connectivity index (χ0n) is 12.2. The molecule has 5 heteroatoms. The molecule has 1 saturated carbocycles. The lowest BCUT2D eigenvalue weighted by molar-refractivity contribution is 0.176. The molecule has 2 rings (SSSR count). The van der Waals surface area contributed by atoms with Crippen LogP contribution in [0.15, 0.2) is 9.98 Å². The fourth-order valence-electron chi connectivity index (χ4n) is 2.90. The molecule has 1 fully saturated rings. The lowest BCUT2D eigenvalue weighted by atomic mass is 9.95. The minimum absolute atomic E-state index is 0.0671. The molecule has 5 nitrogen and oxygen atoms in total. The Morgan fingerprint density at radius 2 is 1.79 bits per heavy atom. The third-order valence-corrected chi connectivity index (χ3v) is 3.98. The van der Waals surface area contributed by atoms with E-state index >= 15 is 0 Å². The summed E-state index contributed by atoms with van der Waals surface area (Å²) in [5, 5.41) is 9.69. The zero-order valence-corrected chi connectivity index (χ0v) is 12.2. The maximum Gasteiger partial charge on any atom is 0.209 e. The van der Waals surface area contributed by atoms with Crippen LogP contribution in [-0.4, -0.2) is 49.3 Å². The Balaban J connectivity index is 2.23. The van der Waals surface area contributed by atoms with E-state index in [0.717, 1.165) is 19.3 Å². The maximum absolute atomic E-state index is 9.69. The molecule has 1 aliphatic heterocycles. The lowest BCUT2D eigenvalue weighted by Crippen LogP contribution is -2.40.